The van der Waals surface area contributed by atoms with Gasteiger partial charge in [0.2, 0.25) is 5.91 Å². The van der Waals surface area contributed by atoms with Gasteiger partial charge in [0, 0.05) is 16.8 Å². The number of carbonyl (C=O) groups excluding carboxylic acids is 1. The number of hydrogen-bond acceptors (Lipinski definition) is 2. The number of hydrogen-bond donors (Lipinski definition) is 1. The van der Waals surface area contributed by atoms with Crippen LogP contribution in [0.25, 0.3) is 0 Å². The molecule has 3 atom stereocenters. The topological polar surface area (TPSA) is 60.9 Å². The molecule has 132 valence electrons. The molecule has 0 bridgehead atoms. The molecule has 0 aliphatic heterocycles. The average molecular weight is 423 g/mol. The summed E-state index contributed by atoms with van der Waals surface area (Å²) in [6, 6.07) is 5.94. The molecule has 2 aliphatic rings. The van der Waals surface area contributed by atoms with Crippen molar-refractivity contribution in [2.75, 3.05) is 0 Å². The second-order valence-corrected chi connectivity index (χ2v) is 8.63. The molecule has 0 radical (unpaired) electrons. The maximum Gasteiger partial charge on any atom is 0.248 e. The van der Waals surface area contributed by atoms with E-state index in [0.29, 0.717) is 40.3 Å². The number of nitrogens with zero attached hydrogens (tertiary/aromatic N) is 2. The van der Waals surface area contributed by atoms with Gasteiger partial charge in [-0.05, 0) is 82.6 Å². The molecule has 25 heavy (non-hydrogen) atoms. The first-order valence-electron chi connectivity index (χ1n) is 8.78. The summed E-state index contributed by atoms with van der Waals surface area (Å²) in [4.78, 5) is 11.8. The van der Waals surface area contributed by atoms with E-state index in [4.69, 9.17) is 17.3 Å². The van der Waals surface area contributed by atoms with Crippen LogP contribution >= 0.6 is 27.5 Å². The van der Waals surface area contributed by atoms with Crippen molar-refractivity contribution in [1.29, 1.82) is 0 Å². The zero-order valence-corrected chi connectivity index (χ0v) is 16.4. The van der Waals surface area contributed by atoms with Crippen molar-refractivity contribution in [3.05, 3.63) is 51.2 Å². The summed E-state index contributed by atoms with van der Waals surface area (Å²) >= 11 is 9.68. The smallest absolute Gasteiger partial charge is 0.248 e. The van der Waals surface area contributed by atoms with E-state index >= 15 is 0 Å². The summed E-state index contributed by atoms with van der Waals surface area (Å²) in [5.41, 5.74) is 7.24. The molecule has 4 rings (SSSR count). The molecular weight excluding hydrogens is 402 g/mol. The van der Waals surface area contributed by atoms with Gasteiger partial charge in [0.25, 0.3) is 0 Å². The van der Waals surface area contributed by atoms with Crippen LogP contribution in [0.3, 0.4) is 0 Å². The van der Waals surface area contributed by atoms with Gasteiger partial charge >= 0.3 is 0 Å². The van der Waals surface area contributed by atoms with Crippen molar-refractivity contribution in [2.24, 2.45) is 23.5 Å². The number of aromatic nitrogens is 2. The molecule has 2 aromatic rings. The molecule has 0 saturated heterocycles. The molecule has 2 fully saturated rings. The third-order valence-electron chi connectivity index (χ3n) is 6.01. The van der Waals surface area contributed by atoms with Gasteiger partial charge in [-0.3, -0.25) is 9.48 Å². The lowest BCUT2D eigenvalue weighted by atomic mass is 9.84. The molecule has 1 amide bonds. The van der Waals surface area contributed by atoms with Crippen LogP contribution in [-0.2, 0) is 0 Å². The number of nitrogens with two attached hydrogens (primary N) is 1. The third kappa shape index (κ3) is 3.02. The minimum absolute atomic E-state index is 0.349. The van der Waals surface area contributed by atoms with Crippen molar-refractivity contribution in [3.8, 4) is 0 Å². The Balaban J connectivity index is 1.54. The molecule has 2 aliphatic carbocycles. The fourth-order valence-corrected chi connectivity index (χ4v) is 5.44. The average Bonchev–Trinajstić information content (AvgIpc) is 2.92. The Morgan fingerprint density at radius 3 is 2.72 bits per heavy atom. The number of fused-ring (bicyclic) bond motifs is 1. The fraction of sp³-hybridized carbons (Fsp3) is 0.474. The summed E-state index contributed by atoms with van der Waals surface area (Å²) in [6.45, 7) is 2.19. The zero-order valence-electron chi connectivity index (χ0n) is 14.0. The first-order valence-corrected chi connectivity index (χ1v) is 9.95. The molecule has 6 heteroatoms. The van der Waals surface area contributed by atoms with E-state index < -0.39 is 0 Å². The number of primary amides is 1. The van der Waals surface area contributed by atoms with Crippen LogP contribution in [0.1, 0.15) is 54.1 Å². The van der Waals surface area contributed by atoms with Gasteiger partial charge in [-0.25, -0.2) is 0 Å². The van der Waals surface area contributed by atoms with Gasteiger partial charge in [0.1, 0.15) is 0 Å². The van der Waals surface area contributed by atoms with Gasteiger partial charge in [-0.2, -0.15) is 5.10 Å². The van der Waals surface area contributed by atoms with E-state index in [-0.39, 0.29) is 5.91 Å². The van der Waals surface area contributed by atoms with Crippen molar-refractivity contribution >= 4 is 33.4 Å². The summed E-state index contributed by atoms with van der Waals surface area (Å²) in [5.74, 6) is 2.02. The normalized spacial score (nSPS) is 26.4. The van der Waals surface area contributed by atoms with Crippen molar-refractivity contribution < 1.29 is 4.79 Å². The molecule has 2 saturated carbocycles. The van der Waals surface area contributed by atoms with Crippen LogP contribution in [0.5, 0.6) is 0 Å². The lowest BCUT2D eigenvalue weighted by Gasteiger charge is -2.22. The highest BCUT2D eigenvalue weighted by Gasteiger charge is 2.59. The Kier molecular flexibility index (Phi) is 4.40. The molecule has 1 aromatic carbocycles. The van der Waals surface area contributed by atoms with E-state index in [1.54, 1.807) is 12.1 Å². The number of amides is 1. The Hall–Kier alpha value is -1.33. The predicted molar refractivity (Wildman–Crippen MR) is 102 cm³/mol. The highest BCUT2D eigenvalue weighted by molar-refractivity contribution is 9.10. The Bertz CT molecular complexity index is 809. The quantitative estimate of drug-likeness (QED) is 0.753. The number of benzene rings is 1. The van der Waals surface area contributed by atoms with Crippen LogP contribution in [0, 0.1) is 17.8 Å². The third-order valence-corrected chi connectivity index (χ3v) is 6.66. The van der Waals surface area contributed by atoms with Gasteiger partial charge < -0.3 is 5.73 Å². The van der Waals surface area contributed by atoms with Crippen molar-refractivity contribution in [1.82, 2.24) is 9.78 Å². The monoisotopic (exact) mass is 421 g/mol. The van der Waals surface area contributed by atoms with Crippen molar-refractivity contribution in [3.63, 3.8) is 0 Å². The highest BCUT2D eigenvalue weighted by Crippen LogP contribution is 2.66. The zero-order chi connectivity index (χ0) is 17.7. The first-order chi connectivity index (χ1) is 12.0. The maximum absolute atomic E-state index is 11.8. The minimum atomic E-state index is -0.366. The summed E-state index contributed by atoms with van der Waals surface area (Å²) in [6.07, 6.45) is 7.22. The Morgan fingerprint density at radius 2 is 2.16 bits per heavy atom. The molecule has 0 spiro atoms. The van der Waals surface area contributed by atoms with Gasteiger partial charge in [0.05, 0.1) is 16.7 Å². The number of carbonyl (C=O) groups is 1. The van der Waals surface area contributed by atoms with Crippen LogP contribution in [-0.4, -0.2) is 15.7 Å². The lowest BCUT2D eigenvalue weighted by Crippen LogP contribution is -2.18. The molecule has 1 aromatic heterocycles. The molecule has 4 nitrogen and oxygen atoms in total. The van der Waals surface area contributed by atoms with E-state index in [2.05, 4.69) is 38.8 Å². The molecule has 0 unspecified atom stereocenters. The van der Waals surface area contributed by atoms with Crippen molar-refractivity contribution in [2.45, 2.75) is 38.1 Å². The fourth-order valence-electron chi connectivity index (χ4n) is 4.95. The van der Waals surface area contributed by atoms with Crippen LogP contribution in [0.4, 0.5) is 0 Å². The van der Waals surface area contributed by atoms with Gasteiger partial charge in [-0.15, -0.1) is 0 Å². The van der Waals surface area contributed by atoms with Crippen LogP contribution < -0.4 is 5.73 Å². The largest absolute Gasteiger partial charge is 0.366 e. The van der Waals surface area contributed by atoms with Gasteiger partial charge in [0.15, 0.2) is 0 Å². The number of rotatable bonds is 5. The lowest BCUT2D eigenvalue weighted by molar-refractivity contribution is 0.0998. The molecule has 1 heterocycles. The summed E-state index contributed by atoms with van der Waals surface area (Å²) < 4.78 is 3.11. The molecular formula is C19H21BrClN3O. The minimum Gasteiger partial charge on any atom is -0.366 e. The van der Waals surface area contributed by atoms with Crippen LogP contribution in [0.15, 0.2) is 35.1 Å². The van der Waals surface area contributed by atoms with Gasteiger partial charge in [-0.1, -0.05) is 18.5 Å². The van der Waals surface area contributed by atoms with E-state index in [9.17, 15) is 4.79 Å². The number of halogens is 2. The first kappa shape index (κ1) is 17.1. The van der Waals surface area contributed by atoms with Crippen LogP contribution in [0.2, 0.25) is 5.02 Å². The predicted octanol–water partition coefficient (Wildman–Crippen LogP) is 4.79. The Morgan fingerprint density at radius 1 is 1.44 bits per heavy atom. The second-order valence-electron chi connectivity index (χ2n) is 7.28. The Labute approximate surface area is 160 Å². The standard InChI is InChI=1S/C19H21BrClN3O/c1-2-13(15-5-11(21)3-4-14(15)19(22)25)18-16-6-12(7-17(16)18)24-9-10(20)8-23-24/h3-5,8-9,12-13,16-18H,2,6-7H2,1H3,(H2,22,25)/t12?,13-,16+,17+,18?/m0/s1. The van der Waals surface area contributed by atoms with E-state index in [1.807, 2.05) is 12.3 Å². The SMILES string of the molecule is CC[C@@H](c1cc(Cl)ccc1C(N)=O)C1[C@@H]2CC(n3cc(Br)cn3)C[C@@H]12. The summed E-state index contributed by atoms with van der Waals surface area (Å²) in [5, 5.41) is 5.11. The molecule has 2 N–H and O–H groups in total. The maximum atomic E-state index is 11.8. The summed E-state index contributed by atoms with van der Waals surface area (Å²) in [7, 11) is 0. The highest BCUT2D eigenvalue weighted by atomic mass is 79.9. The second kappa shape index (κ2) is 6.44. The van der Waals surface area contributed by atoms with E-state index in [0.717, 1.165) is 29.3 Å². The van der Waals surface area contributed by atoms with E-state index in [1.165, 1.54) is 0 Å².